The summed E-state index contributed by atoms with van der Waals surface area (Å²) in [5, 5.41) is 2.80. The maximum absolute atomic E-state index is 13.1. The topological polar surface area (TPSA) is 83.6 Å². The predicted molar refractivity (Wildman–Crippen MR) is 123 cm³/mol. The van der Waals surface area contributed by atoms with Crippen LogP contribution in [0.1, 0.15) is 44.7 Å². The highest BCUT2D eigenvalue weighted by Gasteiger charge is 2.28. The van der Waals surface area contributed by atoms with Crippen molar-refractivity contribution >= 4 is 27.4 Å². The van der Waals surface area contributed by atoms with Crippen LogP contribution in [0.5, 0.6) is 0 Å². The molecule has 1 fully saturated rings. The SMILES string of the molecule is Cc1ccc(S(=O)(=O)N2CCCC2)cc1C(=O)Nc1ccccc1C(=O)c1ccccc1. The lowest BCUT2D eigenvalue weighted by Crippen LogP contribution is -2.28. The molecule has 3 aromatic carbocycles. The van der Waals surface area contributed by atoms with E-state index >= 15 is 0 Å². The monoisotopic (exact) mass is 448 g/mol. The van der Waals surface area contributed by atoms with Crippen LogP contribution in [0.3, 0.4) is 0 Å². The Hall–Kier alpha value is -3.29. The molecule has 0 unspecified atom stereocenters. The van der Waals surface area contributed by atoms with E-state index < -0.39 is 15.9 Å². The van der Waals surface area contributed by atoms with Crippen LogP contribution in [-0.4, -0.2) is 37.5 Å². The van der Waals surface area contributed by atoms with E-state index in [2.05, 4.69) is 5.32 Å². The Bertz CT molecular complexity index is 1260. The molecule has 1 saturated heterocycles. The van der Waals surface area contributed by atoms with Crippen molar-refractivity contribution in [3.8, 4) is 0 Å². The number of benzene rings is 3. The van der Waals surface area contributed by atoms with Gasteiger partial charge in [-0.3, -0.25) is 9.59 Å². The van der Waals surface area contributed by atoms with Crippen molar-refractivity contribution < 1.29 is 18.0 Å². The molecule has 4 rings (SSSR count). The summed E-state index contributed by atoms with van der Waals surface area (Å²) in [7, 11) is -3.64. The van der Waals surface area contributed by atoms with Crippen LogP contribution < -0.4 is 5.32 Å². The summed E-state index contributed by atoms with van der Waals surface area (Å²) in [5.74, 6) is -0.669. The average Bonchev–Trinajstić information content (AvgIpc) is 3.36. The number of amides is 1. The van der Waals surface area contributed by atoms with Crippen molar-refractivity contribution in [3.63, 3.8) is 0 Å². The fourth-order valence-corrected chi connectivity index (χ4v) is 5.35. The van der Waals surface area contributed by atoms with Gasteiger partial charge in [-0.15, -0.1) is 0 Å². The number of nitrogens with one attached hydrogen (secondary N) is 1. The molecule has 0 aromatic heterocycles. The van der Waals surface area contributed by atoms with E-state index in [1.165, 1.54) is 16.4 Å². The van der Waals surface area contributed by atoms with Crippen LogP contribution in [0.2, 0.25) is 0 Å². The molecule has 7 heteroatoms. The first-order valence-corrected chi connectivity index (χ1v) is 11.9. The third-order valence-corrected chi connectivity index (χ3v) is 7.51. The number of hydrogen-bond donors (Lipinski definition) is 1. The van der Waals surface area contributed by atoms with Gasteiger partial charge >= 0.3 is 0 Å². The number of ketones is 1. The zero-order valence-electron chi connectivity index (χ0n) is 17.7. The fourth-order valence-electron chi connectivity index (χ4n) is 3.81. The smallest absolute Gasteiger partial charge is 0.255 e. The highest BCUT2D eigenvalue weighted by atomic mass is 32.2. The Labute approximate surface area is 187 Å². The lowest BCUT2D eigenvalue weighted by Gasteiger charge is -2.17. The van der Waals surface area contributed by atoms with Gasteiger partial charge in [-0.1, -0.05) is 48.5 Å². The van der Waals surface area contributed by atoms with Crippen molar-refractivity contribution in [3.05, 3.63) is 95.1 Å². The van der Waals surface area contributed by atoms with Crippen LogP contribution >= 0.6 is 0 Å². The second-order valence-electron chi connectivity index (χ2n) is 7.78. The maximum atomic E-state index is 13.1. The van der Waals surface area contributed by atoms with E-state index in [1.807, 2.05) is 6.07 Å². The average molecular weight is 449 g/mol. The molecule has 0 spiro atoms. The summed E-state index contributed by atoms with van der Waals surface area (Å²) in [4.78, 5) is 26.2. The fraction of sp³-hybridized carbons (Fsp3) is 0.200. The number of carbonyl (C=O) groups is 2. The van der Waals surface area contributed by atoms with Gasteiger partial charge in [0.25, 0.3) is 5.91 Å². The number of hydrogen-bond acceptors (Lipinski definition) is 4. The molecule has 6 nitrogen and oxygen atoms in total. The second-order valence-corrected chi connectivity index (χ2v) is 9.72. The number of nitrogens with zero attached hydrogens (tertiary/aromatic N) is 1. The molecule has 1 aliphatic rings. The first kappa shape index (κ1) is 21.9. The highest BCUT2D eigenvalue weighted by Crippen LogP contribution is 2.25. The molecular formula is C25H24N2O4S. The number of sulfonamides is 1. The third kappa shape index (κ3) is 4.35. The quantitative estimate of drug-likeness (QED) is 0.571. The van der Waals surface area contributed by atoms with Gasteiger partial charge in [-0.05, 0) is 49.6 Å². The highest BCUT2D eigenvalue weighted by molar-refractivity contribution is 7.89. The Morgan fingerprint density at radius 2 is 1.50 bits per heavy atom. The minimum Gasteiger partial charge on any atom is -0.321 e. The number of para-hydroxylation sites is 1. The lowest BCUT2D eigenvalue weighted by atomic mass is 10.0. The molecule has 1 N–H and O–H groups in total. The maximum Gasteiger partial charge on any atom is 0.255 e. The molecule has 0 aliphatic carbocycles. The molecule has 32 heavy (non-hydrogen) atoms. The van der Waals surface area contributed by atoms with Crippen molar-refractivity contribution in [1.82, 2.24) is 4.31 Å². The number of rotatable bonds is 6. The lowest BCUT2D eigenvalue weighted by molar-refractivity contribution is 0.102. The second kappa shape index (κ2) is 9.06. The molecule has 1 amide bonds. The van der Waals surface area contributed by atoms with Crippen LogP contribution in [0.25, 0.3) is 0 Å². The zero-order valence-corrected chi connectivity index (χ0v) is 18.6. The van der Waals surface area contributed by atoms with Gasteiger partial charge in [0.15, 0.2) is 5.78 Å². The summed E-state index contributed by atoms with van der Waals surface area (Å²) in [6.07, 6.45) is 1.68. The van der Waals surface area contributed by atoms with E-state index in [0.29, 0.717) is 35.5 Å². The molecule has 0 saturated carbocycles. The zero-order chi connectivity index (χ0) is 22.7. The predicted octanol–water partition coefficient (Wildman–Crippen LogP) is 4.26. The van der Waals surface area contributed by atoms with E-state index in [9.17, 15) is 18.0 Å². The van der Waals surface area contributed by atoms with Crippen molar-refractivity contribution in [1.29, 1.82) is 0 Å². The number of carbonyl (C=O) groups excluding carboxylic acids is 2. The van der Waals surface area contributed by atoms with Crippen LogP contribution in [0.4, 0.5) is 5.69 Å². The Kier molecular flexibility index (Phi) is 6.21. The van der Waals surface area contributed by atoms with Crippen LogP contribution in [0, 0.1) is 6.92 Å². The van der Waals surface area contributed by atoms with E-state index in [1.54, 1.807) is 61.5 Å². The standard InChI is InChI=1S/C25H24N2O4S/c1-18-13-14-20(32(30,31)27-15-7-8-16-27)17-22(18)25(29)26-23-12-6-5-11-21(23)24(28)19-9-3-2-4-10-19/h2-6,9-14,17H,7-8,15-16H2,1H3,(H,26,29). The van der Waals surface area contributed by atoms with Gasteiger partial charge in [-0.25, -0.2) is 8.42 Å². The normalized spacial score (nSPS) is 14.3. The van der Waals surface area contributed by atoms with Crippen LogP contribution in [-0.2, 0) is 10.0 Å². The van der Waals surface area contributed by atoms with E-state index in [0.717, 1.165) is 12.8 Å². The molecule has 164 valence electrons. The molecule has 1 aliphatic heterocycles. The van der Waals surface area contributed by atoms with Crippen LogP contribution in [0.15, 0.2) is 77.7 Å². The molecular weight excluding hydrogens is 424 g/mol. The van der Waals surface area contributed by atoms with Gasteiger partial charge in [0.2, 0.25) is 10.0 Å². The summed E-state index contributed by atoms with van der Waals surface area (Å²) in [6, 6.07) is 20.2. The Morgan fingerprint density at radius 3 is 2.22 bits per heavy atom. The molecule has 1 heterocycles. The van der Waals surface area contributed by atoms with E-state index in [4.69, 9.17) is 0 Å². The molecule has 0 radical (unpaired) electrons. The summed E-state index contributed by atoms with van der Waals surface area (Å²) in [5.41, 5.74) is 2.16. The largest absolute Gasteiger partial charge is 0.321 e. The van der Waals surface area contributed by atoms with Gasteiger partial charge in [-0.2, -0.15) is 4.31 Å². The Morgan fingerprint density at radius 1 is 0.844 bits per heavy atom. The summed E-state index contributed by atoms with van der Waals surface area (Å²) in [6.45, 7) is 2.74. The first-order chi connectivity index (χ1) is 15.4. The minimum absolute atomic E-state index is 0.101. The number of aryl methyl sites for hydroxylation is 1. The van der Waals surface area contributed by atoms with Crippen molar-refractivity contribution in [2.24, 2.45) is 0 Å². The third-order valence-electron chi connectivity index (χ3n) is 5.61. The first-order valence-electron chi connectivity index (χ1n) is 10.5. The van der Waals surface area contributed by atoms with E-state index in [-0.39, 0.29) is 16.2 Å². The summed E-state index contributed by atoms with van der Waals surface area (Å²) < 4.78 is 27.3. The van der Waals surface area contributed by atoms with Gasteiger partial charge in [0, 0.05) is 29.8 Å². The van der Waals surface area contributed by atoms with Gasteiger partial charge < -0.3 is 5.32 Å². The van der Waals surface area contributed by atoms with Gasteiger partial charge in [0.1, 0.15) is 0 Å². The minimum atomic E-state index is -3.64. The van der Waals surface area contributed by atoms with Gasteiger partial charge in [0.05, 0.1) is 10.6 Å². The Balaban J connectivity index is 1.64. The van der Waals surface area contributed by atoms with Crippen molar-refractivity contribution in [2.45, 2.75) is 24.7 Å². The molecule has 0 bridgehead atoms. The molecule has 3 aromatic rings. The molecule has 0 atom stereocenters. The number of anilines is 1. The summed E-state index contributed by atoms with van der Waals surface area (Å²) >= 11 is 0. The van der Waals surface area contributed by atoms with Crippen molar-refractivity contribution in [2.75, 3.05) is 18.4 Å².